The maximum absolute atomic E-state index is 6.64. The van der Waals surface area contributed by atoms with Crippen LogP contribution in [0.5, 0.6) is 0 Å². The zero-order chi connectivity index (χ0) is 14.0. The molecule has 0 heterocycles. The first-order valence-electron chi connectivity index (χ1n) is 7.75. The second-order valence-electron chi connectivity index (χ2n) is 7.04. The fraction of sp³-hybridized carbons (Fsp3) is 0.667. The van der Waals surface area contributed by atoms with Crippen molar-refractivity contribution in [1.29, 1.82) is 0 Å². The van der Waals surface area contributed by atoms with Gasteiger partial charge in [0.15, 0.2) is 0 Å². The van der Waals surface area contributed by atoms with Crippen LogP contribution in [0, 0.1) is 25.7 Å². The van der Waals surface area contributed by atoms with Crippen molar-refractivity contribution in [2.45, 2.75) is 65.3 Å². The van der Waals surface area contributed by atoms with Gasteiger partial charge in [0.05, 0.1) is 0 Å². The summed E-state index contributed by atoms with van der Waals surface area (Å²) in [6.07, 6.45) is 6.02. The largest absolute Gasteiger partial charge is 0.325 e. The third-order valence-electron chi connectivity index (χ3n) is 5.10. The molecule has 0 aliphatic heterocycles. The van der Waals surface area contributed by atoms with E-state index in [9.17, 15) is 0 Å². The van der Waals surface area contributed by atoms with Crippen LogP contribution in [0.2, 0.25) is 0 Å². The van der Waals surface area contributed by atoms with Crippen LogP contribution in [0.15, 0.2) is 18.2 Å². The Morgan fingerprint density at radius 2 is 1.79 bits per heavy atom. The summed E-state index contributed by atoms with van der Waals surface area (Å²) in [6.45, 7) is 9.05. The molecule has 1 aliphatic carbocycles. The lowest BCUT2D eigenvalue weighted by atomic mass is 9.71. The Balaban J connectivity index is 2.00. The minimum Gasteiger partial charge on any atom is -0.325 e. The number of hydrogen-bond acceptors (Lipinski definition) is 1. The van der Waals surface area contributed by atoms with Gasteiger partial charge in [-0.2, -0.15) is 0 Å². The first-order valence-corrected chi connectivity index (χ1v) is 7.75. The summed E-state index contributed by atoms with van der Waals surface area (Å²) in [5.74, 6) is 1.70. The van der Waals surface area contributed by atoms with Gasteiger partial charge in [-0.15, -0.1) is 0 Å². The Bertz CT molecular complexity index is 425. The average Bonchev–Trinajstić information content (AvgIpc) is 2.34. The van der Waals surface area contributed by atoms with E-state index < -0.39 is 0 Å². The lowest BCUT2D eigenvalue weighted by molar-refractivity contribution is 0.194. The van der Waals surface area contributed by atoms with Gasteiger partial charge in [-0.1, -0.05) is 32.0 Å². The van der Waals surface area contributed by atoms with Crippen molar-refractivity contribution in [3.05, 3.63) is 34.9 Å². The normalized spacial score (nSPS) is 27.8. The number of nitrogens with two attached hydrogens (primary N) is 1. The number of hydrogen-bond donors (Lipinski definition) is 1. The van der Waals surface area contributed by atoms with E-state index in [1.807, 2.05) is 0 Å². The minimum atomic E-state index is 0.0348. The van der Waals surface area contributed by atoms with Gasteiger partial charge in [-0.3, -0.25) is 0 Å². The third-order valence-corrected chi connectivity index (χ3v) is 5.10. The first-order chi connectivity index (χ1) is 8.89. The van der Waals surface area contributed by atoms with Crippen molar-refractivity contribution in [3.8, 4) is 0 Å². The summed E-state index contributed by atoms with van der Waals surface area (Å²) in [6, 6.07) is 6.80. The summed E-state index contributed by atoms with van der Waals surface area (Å²) in [4.78, 5) is 0. The van der Waals surface area contributed by atoms with Crippen molar-refractivity contribution in [2.75, 3.05) is 0 Å². The Kier molecular flexibility index (Phi) is 4.35. The molecule has 1 aliphatic rings. The summed E-state index contributed by atoms with van der Waals surface area (Å²) < 4.78 is 0. The van der Waals surface area contributed by atoms with E-state index in [1.54, 1.807) is 0 Å². The van der Waals surface area contributed by atoms with Crippen molar-refractivity contribution >= 4 is 0 Å². The van der Waals surface area contributed by atoms with Crippen molar-refractivity contribution < 1.29 is 0 Å². The third kappa shape index (κ3) is 3.60. The molecule has 19 heavy (non-hydrogen) atoms. The highest BCUT2D eigenvalue weighted by molar-refractivity contribution is 5.31. The zero-order valence-electron chi connectivity index (χ0n) is 13.0. The van der Waals surface area contributed by atoms with Gasteiger partial charge in [-0.05, 0) is 74.5 Å². The fourth-order valence-electron chi connectivity index (χ4n) is 3.38. The number of aryl methyl sites for hydroxylation is 2. The molecule has 106 valence electrons. The second kappa shape index (κ2) is 5.66. The highest BCUT2D eigenvalue weighted by atomic mass is 14.7. The van der Waals surface area contributed by atoms with Crippen LogP contribution < -0.4 is 5.73 Å². The zero-order valence-corrected chi connectivity index (χ0v) is 13.0. The van der Waals surface area contributed by atoms with Crippen LogP contribution in [-0.2, 0) is 6.42 Å². The highest BCUT2D eigenvalue weighted by Gasteiger charge is 2.32. The van der Waals surface area contributed by atoms with Crippen LogP contribution in [0.4, 0.5) is 0 Å². The molecule has 0 saturated heterocycles. The molecular formula is C18H29N. The SMILES string of the molecule is Cc1ccc(CC2(N)CCC(C(C)C)CC2)cc1C. The molecule has 0 radical (unpaired) electrons. The van der Waals surface area contributed by atoms with E-state index in [1.165, 1.54) is 42.4 Å². The predicted octanol–water partition coefficient (Wildman–Crippen LogP) is 4.39. The molecule has 0 amide bonds. The van der Waals surface area contributed by atoms with E-state index in [0.29, 0.717) is 0 Å². The molecule has 1 heteroatoms. The Morgan fingerprint density at radius 1 is 1.16 bits per heavy atom. The van der Waals surface area contributed by atoms with E-state index in [2.05, 4.69) is 45.9 Å². The van der Waals surface area contributed by atoms with Gasteiger partial charge in [0.25, 0.3) is 0 Å². The molecule has 1 nitrogen and oxygen atoms in total. The summed E-state index contributed by atoms with van der Waals surface area (Å²) >= 11 is 0. The standard InChI is InChI=1S/C18H29N/c1-13(2)17-7-9-18(19,10-8-17)12-16-6-5-14(3)15(4)11-16/h5-6,11,13,17H,7-10,12,19H2,1-4H3. The van der Waals surface area contributed by atoms with Crippen molar-refractivity contribution in [1.82, 2.24) is 0 Å². The van der Waals surface area contributed by atoms with Crippen molar-refractivity contribution in [2.24, 2.45) is 17.6 Å². The van der Waals surface area contributed by atoms with Crippen LogP contribution in [0.3, 0.4) is 0 Å². The molecule has 2 rings (SSSR count). The molecule has 2 N–H and O–H groups in total. The number of benzene rings is 1. The smallest absolute Gasteiger partial charge is 0.0195 e. The van der Waals surface area contributed by atoms with Gasteiger partial charge in [0.1, 0.15) is 0 Å². The summed E-state index contributed by atoms with van der Waals surface area (Å²) in [5.41, 5.74) is 10.8. The number of rotatable bonds is 3. The monoisotopic (exact) mass is 259 g/mol. The van der Waals surface area contributed by atoms with Crippen LogP contribution >= 0.6 is 0 Å². The molecule has 0 spiro atoms. The van der Waals surface area contributed by atoms with Gasteiger partial charge < -0.3 is 5.73 Å². The Morgan fingerprint density at radius 3 is 2.32 bits per heavy atom. The molecule has 1 saturated carbocycles. The molecule has 1 fully saturated rings. The van der Waals surface area contributed by atoms with Crippen LogP contribution in [-0.4, -0.2) is 5.54 Å². The van der Waals surface area contributed by atoms with Crippen molar-refractivity contribution in [3.63, 3.8) is 0 Å². The quantitative estimate of drug-likeness (QED) is 0.856. The minimum absolute atomic E-state index is 0.0348. The molecule has 1 aromatic carbocycles. The predicted molar refractivity (Wildman–Crippen MR) is 83.3 cm³/mol. The first kappa shape index (κ1) is 14.6. The lowest BCUT2D eigenvalue weighted by Crippen LogP contribution is -2.45. The molecule has 0 atom stereocenters. The van der Waals surface area contributed by atoms with E-state index in [4.69, 9.17) is 5.73 Å². The summed E-state index contributed by atoms with van der Waals surface area (Å²) in [7, 11) is 0. The molecule has 0 unspecified atom stereocenters. The average molecular weight is 259 g/mol. The fourth-order valence-corrected chi connectivity index (χ4v) is 3.38. The molecule has 0 bridgehead atoms. The topological polar surface area (TPSA) is 26.0 Å². The summed E-state index contributed by atoms with van der Waals surface area (Å²) in [5, 5.41) is 0. The second-order valence-corrected chi connectivity index (χ2v) is 7.04. The maximum Gasteiger partial charge on any atom is 0.0195 e. The Hall–Kier alpha value is -0.820. The van der Waals surface area contributed by atoms with Gasteiger partial charge in [0.2, 0.25) is 0 Å². The van der Waals surface area contributed by atoms with E-state index in [-0.39, 0.29) is 5.54 Å². The van der Waals surface area contributed by atoms with Gasteiger partial charge in [0, 0.05) is 5.54 Å². The Labute approximate surface area is 118 Å². The van der Waals surface area contributed by atoms with Gasteiger partial charge >= 0.3 is 0 Å². The van der Waals surface area contributed by atoms with Crippen LogP contribution in [0.25, 0.3) is 0 Å². The molecule has 1 aromatic rings. The molecular weight excluding hydrogens is 230 g/mol. The lowest BCUT2D eigenvalue weighted by Gasteiger charge is -2.39. The maximum atomic E-state index is 6.64. The van der Waals surface area contributed by atoms with Crippen LogP contribution in [0.1, 0.15) is 56.2 Å². The highest BCUT2D eigenvalue weighted by Crippen LogP contribution is 2.36. The van der Waals surface area contributed by atoms with Gasteiger partial charge in [-0.25, -0.2) is 0 Å². The van der Waals surface area contributed by atoms with E-state index in [0.717, 1.165) is 18.3 Å². The molecule has 0 aromatic heterocycles. The van der Waals surface area contributed by atoms with E-state index >= 15 is 0 Å².